The number of rotatable bonds is 7. The molecule has 0 amide bonds. The molecule has 8 nitrogen and oxygen atoms in total. The summed E-state index contributed by atoms with van der Waals surface area (Å²) in [5.74, 6) is 1.93. The predicted octanol–water partition coefficient (Wildman–Crippen LogP) is 0.609. The van der Waals surface area contributed by atoms with E-state index in [9.17, 15) is 0 Å². The largest absolute Gasteiger partial charge is 0.379 e. The van der Waals surface area contributed by atoms with Crippen LogP contribution in [0, 0.1) is 0 Å². The van der Waals surface area contributed by atoms with Gasteiger partial charge in [0, 0.05) is 70.2 Å². The van der Waals surface area contributed by atoms with Crippen molar-refractivity contribution in [2.45, 2.75) is 26.4 Å². The predicted molar refractivity (Wildman–Crippen MR) is 119 cm³/mol. The number of hydrogen-bond donors (Lipinski definition) is 2. The summed E-state index contributed by atoms with van der Waals surface area (Å²) in [5, 5.41) is 6.88. The number of hydrogen-bond acceptors (Lipinski definition) is 6. The van der Waals surface area contributed by atoms with E-state index >= 15 is 0 Å². The highest BCUT2D eigenvalue weighted by Gasteiger charge is 2.19. The monoisotopic (exact) mass is 403 g/mol. The van der Waals surface area contributed by atoms with Crippen molar-refractivity contribution in [1.82, 2.24) is 25.4 Å². The van der Waals surface area contributed by atoms with Crippen LogP contribution in [0.3, 0.4) is 0 Å². The van der Waals surface area contributed by atoms with Crippen LogP contribution in [-0.4, -0.2) is 99.4 Å². The van der Waals surface area contributed by atoms with Crippen molar-refractivity contribution < 1.29 is 4.74 Å². The molecule has 0 bridgehead atoms. The Balaban J connectivity index is 1.59. The molecule has 0 aromatic carbocycles. The van der Waals surface area contributed by atoms with Crippen molar-refractivity contribution in [1.29, 1.82) is 0 Å². The number of ether oxygens (including phenoxy) is 1. The highest BCUT2D eigenvalue weighted by atomic mass is 16.5. The zero-order valence-electron chi connectivity index (χ0n) is 18.2. The average Bonchev–Trinajstić information content (AvgIpc) is 2.77. The third kappa shape index (κ3) is 6.55. The van der Waals surface area contributed by atoms with Gasteiger partial charge >= 0.3 is 0 Å². The minimum absolute atomic E-state index is 0.446. The normalized spacial score (nSPS) is 20.5. The summed E-state index contributed by atoms with van der Waals surface area (Å²) in [6.45, 7) is 14.5. The number of anilines is 1. The van der Waals surface area contributed by atoms with Gasteiger partial charge in [-0.15, -0.1) is 0 Å². The van der Waals surface area contributed by atoms with E-state index in [4.69, 9.17) is 9.73 Å². The number of aromatic nitrogens is 1. The van der Waals surface area contributed by atoms with Gasteiger partial charge in [-0.3, -0.25) is 4.90 Å². The van der Waals surface area contributed by atoms with Gasteiger partial charge in [0.15, 0.2) is 5.96 Å². The number of aliphatic imine (C=N–C) groups is 1. The molecular weight excluding hydrogens is 366 g/mol. The van der Waals surface area contributed by atoms with Gasteiger partial charge in [-0.2, -0.15) is 0 Å². The summed E-state index contributed by atoms with van der Waals surface area (Å²) in [5.41, 5.74) is 1.18. The van der Waals surface area contributed by atoms with Crippen molar-refractivity contribution >= 4 is 11.8 Å². The first-order valence-corrected chi connectivity index (χ1v) is 10.9. The lowest BCUT2D eigenvalue weighted by molar-refractivity contribution is 0.0211. The van der Waals surface area contributed by atoms with Gasteiger partial charge in [-0.1, -0.05) is 6.07 Å². The molecule has 29 heavy (non-hydrogen) atoms. The quantitative estimate of drug-likeness (QED) is 0.511. The van der Waals surface area contributed by atoms with E-state index in [1.807, 2.05) is 12.3 Å². The number of likely N-dealkylation sites (N-methyl/N-ethyl adjacent to an activating group) is 1. The molecule has 2 aliphatic rings. The van der Waals surface area contributed by atoms with Gasteiger partial charge in [0.05, 0.1) is 19.8 Å². The van der Waals surface area contributed by atoms with Crippen LogP contribution in [0.25, 0.3) is 0 Å². The molecule has 1 aromatic rings. The van der Waals surface area contributed by atoms with E-state index in [1.54, 1.807) is 0 Å². The maximum Gasteiger partial charge on any atom is 0.191 e. The summed E-state index contributed by atoms with van der Waals surface area (Å²) in [4.78, 5) is 16.7. The molecule has 2 saturated heterocycles. The number of morpholine rings is 1. The fourth-order valence-electron chi connectivity index (χ4n) is 3.75. The molecule has 162 valence electrons. The first kappa shape index (κ1) is 21.8. The highest BCUT2D eigenvalue weighted by Crippen LogP contribution is 2.19. The van der Waals surface area contributed by atoms with Crippen LogP contribution in [0.2, 0.25) is 0 Å². The molecule has 1 aromatic heterocycles. The Hall–Kier alpha value is -1.90. The fourth-order valence-corrected chi connectivity index (χ4v) is 3.75. The van der Waals surface area contributed by atoms with Crippen LogP contribution < -0.4 is 15.5 Å². The van der Waals surface area contributed by atoms with Crippen LogP contribution in [0.15, 0.2) is 23.3 Å². The van der Waals surface area contributed by atoms with E-state index in [1.165, 1.54) is 5.56 Å². The maximum absolute atomic E-state index is 5.46. The molecule has 1 atom stereocenters. The second-order valence-electron chi connectivity index (χ2n) is 7.85. The van der Waals surface area contributed by atoms with Crippen LogP contribution >= 0.6 is 0 Å². The summed E-state index contributed by atoms with van der Waals surface area (Å²) >= 11 is 0. The van der Waals surface area contributed by atoms with Crippen molar-refractivity contribution in [3.63, 3.8) is 0 Å². The topological polar surface area (TPSA) is 68.3 Å². The Kier molecular flexibility index (Phi) is 8.52. The lowest BCUT2D eigenvalue weighted by Gasteiger charge is -2.34. The molecule has 3 heterocycles. The molecule has 0 spiro atoms. The Morgan fingerprint density at radius 3 is 2.66 bits per heavy atom. The molecular formula is C21H37N7O. The zero-order valence-corrected chi connectivity index (χ0v) is 18.2. The molecule has 3 rings (SSSR count). The number of pyridine rings is 1. The number of nitrogens with one attached hydrogen (secondary N) is 2. The summed E-state index contributed by atoms with van der Waals surface area (Å²) < 4.78 is 5.46. The van der Waals surface area contributed by atoms with Crippen LogP contribution in [0.4, 0.5) is 5.82 Å². The summed E-state index contributed by atoms with van der Waals surface area (Å²) in [6.07, 6.45) is 1.88. The van der Waals surface area contributed by atoms with E-state index in [0.717, 1.165) is 77.3 Å². The van der Waals surface area contributed by atoms with Gasteiger partial charge in [0.1, 0.15) is 5.82 Å². The summed E-state index contributed by atoms with van der Waals surface area (Å²) in [7, 11) is 2.17. The minimum atomic E-state index is 0.446. The van der Waals surface area contributed by atoms with Crippen LogP contribution in [0.1, 0.15) is 19.4 Å². The summed E-state index contributed by atoms with van der Waals surface area (Å²) in [6, 6.07) is 4.59. The van der Waals surface area contributed by atoms with Crippen molar-refractivity contribution in [3.05, 3.63) is 23.9 Å². The Labute approximate surface area is 175 Å². The third-order valence-electron chi connectivity index (χ3n) is 5.66. The number of nitrogens with zero attached hydrogens (tertiary/aromatic N) is 5. The zero-order chi connectivity index (χ0) is 20.5. The highest BCUT2D eigenvalue weighted by molar-refractivity contribution is 5.79. The lowest BCUT2D eigenvalue weighted by atomic mass is 10.2. The van der Waals surface area contributed by atoms with Gasteiger partial charge in [0.2, 0.25) is 0 Å². The molecule has 0 aliphatic carbocycles. The SMILES string of the molecule is CCNC(=NCc1cccnc1N1CCN(C)CC1)NCC(C)N1CCOCC1. The molecule has 2 aliphatic heterocycles. The Morgan fingerprint density at radius 1 is 1.17 bits per heavy atom. The second kappa shape index (κ2) is 11.3. The van der Waals surface area contributed by atoms with Crippen LogP contribution in [-0.2, 0) is 11.3 Å². The molecule has 2 N–H and O–H groups in total. The number of guanidine groups is 1. The second-order valence-corrected chi connectivity index (χ2v) is 7.85. The Bertz CT molecular complexity index is 640. The smallest absolute Gasteiger partial charge is 0.191 e. The molecule has 0 radical (unpaired) electrons. The maximum atomic E-state index is 5.46. The number of piperazine rings is 1. The molecule has 1 unspecified atom stereocenters. The third-order valence-corrected chi connectivity index (χ3v) is 5.66. The lowest BCUT2D eigenvalue weighted by Crippen LogP contribution is -2.49. The first-order chi connectivity index (χ1) is 14.2. The van der Waals surface area contributed by atoms with E-state index < -0.39 is 0 Å². The van der Waals surface area contributed by atoms with Gasteiger partial charge in [-0.25, -0.2) is 9.98 Å². The van der Waals surface area contributed by atoms with Gasteiger partial charge in [0.25, 0.3) is 0 Å². The van der Waals surface area contributed by atoms with Gasteiger partial charge in [-0.05, 0) is 27.0 Å². The van der Waals surface area contributed by atoms with Crippen LogP contribution in [0.5, 0.6) is 0 Å². The van der Waals surface area contributed by atoms with E-state index in [0.29, 0.717) is 12.6 Å². The molecule has 2 fully saturated rings. The Morgan fingerprint density at radius 2 is 1.93 bits per heavy atom. The fraction of sp³-hybridized carbons (Fsp3) is 0.714. The van der Waals surface area contributed by atoms with Crippen molar-refractivity contribution in [2.24, 2.45) is 4.99 Å². The molecule has 0 saturated carbocycles. The van der Waals surface area contributed by atoms with E-state index in [2.05, 4.69) is 57.3 Å². The average molecular weight is 404 g/mol. The van der Waals surface area contributed by atoms with Crippen molar-refractivity contribution in [3.8, 4) is 0 Å². The minimum Gasteiger partial charge on any atom is -0.379 e. The van der Waals surface area contributed by atoms with E-state index in [-0.39, 0.29) is 0 Å². The first-order valence-electron chi connectivity index (χ1n) is 10.9. The van der Waals surface area contributed by atoms with Gasteiger partial charge < -0.3 is 25.2 Å². The standard InChI is InChI=1S/C21H37N7O/c1-4-22-21(24-16-18(2)27-12-14-29-15-13-27)25-17-19-6-5-7-23-20(19)28-10-8-26(3)9-11-28/h5-7,18H,4,8-17H2,1-3H3,(H2,22,24,25). The van der Waals surface area contributed by atoms with Crippen molar-refractivity contribution in [2.75, 3.05) is 77.5 Å². The molecule has 8 heteroatoms.